The van der Waals surface area contributed by atoms with Crippen molar-refractivity contribution in [1.29, 1.82) is 0 Å². The predicted molar refractivity (Wildman–Crippen MR) is 68.1 cm³/mol. The number of pyridine rings is 1. The molecule has 0 aliphatic rings. The van der Waals surface area contributed by atoms with Crippen LogP contribution in [0.5, 0.6) is 5.75 Å². The van der Waals surface area contributed by atoms with Gasteiger partial charge in [0.2, 0.25) is 0 Å². The van der Waals surface area contributed by atoms with E-state index in [0.29, 0.717) is 17.9 Å². The number of ether oxygens (including phenoxy) is 1. The molecular weight excluding hydrogens is 282 g/mol. The second-order valence-electron chi connectivity index (χ2n) is 3.44. The van der Waals surface area contributed by atoms with Gasteiger partial charge in [0.25, 0.3) is 0 Å². The van der Waals surface area contributed by atoms with Gasteiger partial charge in [0, 0.05) is 16.9 Å². The molecule has 0 bridgehead atoms. The van der Waals surface area contributed by atoms with Crippen LogP contribution in [0.4, 0.5) is 0 Å². The van der Waals surface area contributed by atoms with Crippen molar-refractivity contribution in [2.45, 2.75) is 6.61 Å². The molecule has 2 aromatic rings. The third kappa shape index (κ3) is 3.14. The highest BCUT2D eigenvalue weighted by atomic mass is 79.9. The van der Waals surface area contributed by atoms with Gasteiger partial charge in [0.15, 0.2) is 6.29 Å². The molecule has 0 atom stereocenters. The molecule has 17 heavy (non-hydrogen) atoms. The molecule has 0 fully saturated rings. The summed E-state index contributed by atoms with van der Waals surface area (Å²) in [5.74, 6) is 0.583. The molecule has 3 nitrogen and oxygen atoms in total. The highest BCUT2D eigenvalue weighted by molar-refractivity contribution is 9.10. The lowest BCUT2D eigenvalue weighted by Gasteiger charge is -2.08. The molecule has 4 heteroatoms. The predicted octanol–water partition coefficient (Wildman–Crippen LogP) is 3.24. The summed E-state index contributed by atoms with van der Waals surface area (Å²) in [5, 5.41) is 0. The van der Waals surface area contributed by atoms with Gasteiger partial charge in [-0.05, 0) is 35.9 Å². The number of halogens is 1. The average molecular weight is 292 g/mol. The maximum atomic E-state index is 10.9. The molecule has 0 unspecified atom stereocenters. The van der Waals surface area contributed by atoms with Crippen LogP contribution in [0.3, 0.4) is 0 Å². The molecule has 0 aliphatic carbocycles. The summed E-state index contributed by atoms with van der Waals surface area (Å²) in [4.78, 5) is 14.8. The molecule has 1 heterocycles. The Bertz CT molecular complexity index is 514. The molecule has 0 aliphatic heterocycles. The molecule has 0 saturated heterocycles. The molecule has 2 rings (SSSR count). The zero-order valence-corrected chi connectivity index (χ0v) is 10.6. The summed E-state index contributed by atoms with van der Waals surface area (Å²) >= 11 is 3.31. The van der Waals surface area contributed by atoms with Crippen molar-refractivity contribution in [3.05, 3.63) is 58.3 Å². The number of hydrogen-bond donors (Lipinski definition) is 0. The van der Waals surface area contributed by atoms with E-state index < -0.39 is 0 Å². The Morgan fingerprint density at radius 1 is 1.24 bits per heavy atom. The minimum atomic E-state index is 0.422. The Balaban J connectivity index is 2.11. The smallest absolute Gasteiger partial charge is 0.153 e. The van der Waals surface area contributed by atoms with Gasteiger partial charge in [-0.1, -0.05) is 15.9 Å². The summed E-state index contributed by atoms with van der Waals surface area (Å²) in [7, 11) is 0. The van der Waals surface area contributed by atoms with E-state index in [-0.39, 0.29) is 0 Å². The van der Waals surface area contributed by atoms with E-state index in [4.69, 9.17) is 4.74 Å². The fraction of sp³-hybridized carbons (Fsp3) is 0.0769. The Kier molecular flexibility index (Phi) is 3.88. The van der Waals surface area contributed by atoms with Crippen molar-refractivity contribution in [2.24, 2.45) is 0 Å². The normalized spacial score (nSPS) is 9.94. The number of aromatic nitrogens is 1. The Morgan fingerprint density at radius 2 is 2.00 bits per heavy atom. The number of nitrogens with zero attached hydrogens (tertiary/aromatic N) is 1. The highest BCUT2D eigenvalue weighted by Crippen LogP contribution is 2.22. The molecular formula is C13H10BrNO2. The van der Waals surface area contributed by atoms with Gasteiger partial charge in [-0.15, -0.1) is 0 Å². The van der Waals surface area contributed by atoms with Crippen molar-refractivity contribution in [1.82, 2.24) is 4.98 Å². The van der Waals surface area contributed by atoms with Crippen LogP contribution in [-0.4, -0.2) is 11.3 Å². The number of aldehydes is 1. The second kappa shape index (κ2) is 5.59. The molecule has 0 saturated carbocycles. The minimum Gasteiger partial charge on any atom is -0.488 e. The van der Waals surface area contributed by atoms with E-state index in [1.54, 1.807) is 24.5 Å². The number of hydrogen-bond acceptors (Lipinski definition) is 3. The SMILES string of the molecule is O=Cc1cc(Br)ccc1OCc1ccncc1. The van der Waals surface area contributed by atoms with Crippen LogP contribution in [0.1, 0.15) is 15.9 Å². The lowest BCUT2D eigenvalue weighted by Crippen LogP contribution is -1.98. The van der Waals surface area contributed by atoms with Gasteiger partial charge >= 0.3 is 0 Å². The summed E-state index contributed by atoms with van der Waals surface area (Å²) in [6, 6.07) is 9.09. The van der Waals surface area contributed by atoms with Gasteiger partial charge in [0.1, 0.15) is 12.4 Å². The van der Waals surface area contributed by atoms with Crippen LogP contribution in [0, 0.1) is 0 Å². The Labute approximate surface area is 108 Å². The van der Waals surface area contributed by atoms with Crippen LogP contribution < -0.4 is 4.74 Å². The molecule has 1 aromatic heterocycles. The molecule has 0 N–H and O–H groups in total. The van der Waals surface area contributed by atoms with E-state index >= 15 is 0 Å². The largest absolute Gasteiger partial charge is 0.488 e. The monoisotopic (exact) mass is 291 g/mol. The maximum Gasteiger partial charge on any atom is 0.153 e. The third-order valence-electron chi connectivity index (χ3n) is 2.24. The summed E-state index contributed by atoms with van der Waals surface area (Å²) in [6.45, 7) is 0.422. The van der Waals surface area contributed by atoms with Gasteiger partial charge in [-0.25, -0.2) is 0 Å². The third-order valence-corrected chi connectivity index (χ3v) is 2.74. The summed E-state index contributed by atoms with van der Waals surface area (Å²) in [5.41, 5.74) is 1.55. The van der Waals surface area contributed by atoms with E-state index in [1.807, 2.05) is 18.2 Å². The molecule has 0 spiro atoms. The lowest BCUT2D eigenvalue weighted by molar-refractivity contribution is 0.111. The van der Waals surface area contributed by atoms with E-state index in [9.17, 15) is 4.79 Å². The number of rotatable bonds is 4. The van der Waals surface area contributed by atoms with Gasteiger partial charge < -0.3 is 4.74 Å². The van der Waals surface area contributed by atoms with E-state index in [0.717, 1.165) is 16.3 Å². The van der Waals surface area contributed by atoms with Crippen LogP contribution in [0.25, 0.3) is 0 Å². The van der Waals surface area contributed by atoms with Crippen molar-refractivity contribution in [3.63, 3.8) is 0 Å². The van der Waals surface area contributed by atoms with E-state index in [1.165, 1.54) is 0 Å². The first kappa shape index (κ1) is 11.8. The van der Waals surface area contributed by atoms with E-state index in [2.05, 4.69) is 20.9 Å². The van der Waals surface area contributed by atoms with Gasteiger partial charge in [0.05, 0.1) is 5.56 Å². The fourth-order valence-electron chi connectivity index (χ4n) is 1.38. The fourth-order valence-corrected chi connectivity index (χ4v) is 1.76. The van der Waals surface area contributed by atoms with Crippen LogP contribution in [0.2, 0.25) is 0 Å². The highest BCUT2D eigenvalue weighted by Gasteiger charge is 2.03. The average Bonchev–Trinajstić information content (AvgIpc) is 2.38. The van der Waals surface area contributed by atoms with Gasteiger partial charge in [-0.3, -0.25) is 9.78 Å². The van der Waals surface area contributed by atoms with Crippen molar-refractivity contribution < 1.29 is 9.53 Å². The summed E-state index contributed by atoms with van der Waals surface area (Å²) < 4.78 is 6.45. The Morgan fingerprint density at radius 3 is 2.71 bits per heavy atom. The van der Waals surface area contributed by atoms with Crippen LogP contribution in [0.15, 0.2) is 47.2 Å². The number of carbonyl (C=O) groups is 1. The molecule has 86 valence electrons. The standard InChI is InChI=1S/C13H10BrNO2/c14-12-1-2-13(11(7-12)8-16)17-9-10-3-5-15-6-4-10/h1-8H,9H2. The second-order valence-corrected chi connectivity index (χ2v) is 4.36. The Hall–Kier alpha value is -1.68. The maximum absolute atomic E-state index is 10.9. The first-order valence-electron chi connectivity index (χ1n) is 5.06. The number of benzene rings is 1. The van der Waals surface area contributed by atoms with Crippen molar-refractivity contribution in [2.75, 3.05) is 0 Å². The first-order valence-corrected chi connectivity index (χ1v) is 5.85. The molecule has 0 radical (unpaired) electrons. The van der Waals surface area contributed by atoms with Crippen LogP contribution in [-0.2, 0) is 6.61 Å². The van der Waals surface area contributed by atoms with Crippen LogP contribution >= 0.6 is 15.9 Å². The van der Waals surface area contributed by atoms with Gasteiger partial charge in [-0.2, -0.15) is 0 Å². The van der Waals surface area contributed by atoms with Crippen molar-refractivity contribution in [3.8, 4) is 5.75 Å². The zero-order chi connectivity index (χ0) is 12.1. The van der Waals surface area contributed by atoms with Crippen molar-refractivity contribution >= 4 is 22.2 Å². The lowest BCUT2D eigenvalue weighted by atomic mass is 10.2. The minimum absolute atomic E-state index is 0.422. The quantitative estimate of drug-likeness (QED) is 0.812. The first-order chi connectivity index (χ1) is 8.29. The topological polar surface area (TPSA) is 39.2 Å². The molecule has 0 amide bonds. The number of carbonyl (C=O) groups excluding carboxylic acids is 1. The zero-order valence-electron chi connectivity index (χ0n) is 8.97. The molecule has 1 aromatic carbocycles. The summed E-state index contributed by atoms with van der Waals surface area (Å²) in [6.07, 6.45) is 4.20.